The van der Waals surface area contributed by atoms with E-state index in [4.69, 9.17) is 0 Å². The number of nitrogens with one attached hydrogen (secondary N) is 1. The van der Waals surface area contributed by atoms with Crippen molar-refractivity contribution in [3.8, 4) is 0 Å². The quantitative estimate of drug-likeness (QED) is 0.766. The van der Waals surface area contributed by atoms with Gasteiger partial charge in [0.25, 0.3) is 0 Å². The zero-order valence-electron chi connectivity index (χ0n) is 11.9. The van der Waals surface area contributed by atoms with Crippen molar-refractivity contribution in [2.75, 3.05) is 0 Å². The van der Waals surface area contributed by atoms with Gasteiger partial charge in [-0.25, -0.2) is 0 Å². The Bertz CT molecular complexity index is 605. The molecule has 0 amide bonds. The van der Waals surface area contributed by atoms with E-state index in [1.807, 2.05) is 11.3 Å². The lowest BCUT2D eigenvalue weighted by Crippen LogP contribution is -2.27. The Morgan fingerprint density at radius 1 is 1.35 bits per heavy atom. The second-order valence-corrected chi connectivity index (χ2v) is 8.19. The minimum Gasteiger partial charge on any atom is -0.303 e. The molecule has 1 aliphatic rings. The first-order valence-electron chi connectivity index (χ1n) is 7.24. The molecule has 0 aliphatic heterocycles. The highest BCUT2D eigenvalue weighted by molar-refractivity contribution is 9.11. The topological polar surface area (TPSA) is 12.0 Å². The van der Waals surface area contributed by atoms with Crippen molar-refractivity contribution in [3.05, 3.63) is 55.7 Å². The Morgan fingerprint density at radius 2 is 2.20 bits per heavy atom. The van der Waals surface area contributed by atoms with Crippen molar-refractivity contribution >= 4 is 27.3 Å². The summed E-state index contributed by atoms with van der Waals surface area (Å²) in [5, 5.41) is 3.82. The van der Waals surface area contributed by atoms with Gasteiger partial charge in [-0.05, 0) is 66.2 Å². The Kier molecular flexibility index (Phi) is 4.29. The van der Waals surface area contributed by atoms with Gasteiger partial charge in [0.2, 0.25) is 0 Å². The first-order valence-corrected chi connectivity index (χ1v) is 8.85. The van der Waals surface area contributed by atoms with Gasteiger partial charge in [-0.1, -0.05) is 29.8 Å². The number of fused-ring (bicyclic) bond motifs is 1. The average molecular weight is 350 g/mol. The van der Waals surface area contributed by atoms with Gasteiger partial charge in [0.1, 0.15) is 0 Å². The molecular formula is C17H20BrNS. The molecule has 1 aromatic carbocycles. The van der Waals surface area contributed by atoms with Crippen LogP contribution in [0.1, 0.15) is 53.4 Å². The normalized spacial score (nSPS) is 19.6. The summed E-state index contributed by atoms with van der Waals surface area (Å²) in [4.78, 5) is 1.55. The van der Waals surface area contributed by atoms with Gasteiger partial charge in [-0.3, -0.25) is 0 Å². The minimum absolute atomic E-state index is 0.393. The summed E-state index contributed by atoms with van der Waals surface area (Å²) in [7, 11) is 0. The molecule has 0 saturated heterocycles. The fourth-order valence-electron chi connectivity index (χ4n) is 3.03. The first-order chi connectivity index (χ1) is 9.63. The highest BCUT2D eigenvalue weighted by Gasteiger charge is 2.24. The molecule has 0 saturated carbocycles. The van der Waals surface area contributed by atoms with Crippen LogP contribution < -0.4 is 5.32 Å². The zero-order chi connectivity index (χ0) is 14.1. The molecule has 1 N–H and O–H groups in total. The van der Waals surface area contributed by atoms with E-state index in [2.05, 4.69) is 65.4 Å². The molecule has 106 valence electrons. The van der Waals surface area contributed by atoms with Crippen molar-refractivity contribution in [2.45, 2.75) is 45.2 Å². The van der Waals surface area contributed by atoms with Gasteiger partial charge in [-0.15, -0.1) is 11.3 Å². The summed E-state index contributed by atoms with van der Waals surface area (Å²) in [6, 6.07) is 12.0. The van der Waals surface area contributed by atoms with Crippen LogP contribution in [0.15, 0.2) is 34.1 Å². The van der Waals surface area contributed by atoms with E-state index in [1.165, 1.54) is 39.7 Å². The SMILES string of the molecule is Cc1cccc([C@H](C)NC2CCCc3sc(Br)cc32)c1. The lowest BCUT2D eigenvalue weighted by atomic mass is 9.92. The van der Waals surface area contributed by atoms with E-state index in [-0.39, 0.29) is 0 Å². The Labute approximate surface area is 133 Å². The van der Waals surface area contributed by atoms with Gasteiger partial charge < -0.3 is 5.32 Å². The van der Waals surface area contributed by atoms with E-state index < -0.39 is 0 Å². The van der Waals surface area contributed by atoms with Crippen LogP contribution in [0.3, 0.4) is 0 Å². The van der Waals surface area contributed by atoms with Crippen molar-refractivity contribution < 1.29 is 0 Å². The molecule has 3 rings (SSSR count). The van der Waals surface area contributed by atoms with Gasteiger partial charge in [0.15, 0.2) is 0 Å². The third-order valence-corrected chi connectivity index (χ3v) is 5.79. The summed E-state index contributed by atoms with van der Waals surface area (Å²) >= 11 is 5.53. The lowest BCUT2D eigenvalue weighted by Gasteiger charge is -2.27. The van der Waals surface area contributed by atoms with Crippen molar-refractivity contribution in [3.63, 3.8) is 0 Å². The second-order valence-electron chi connectivity index (χ2n) is 5.68. The van der Waals surface area contributed by atoms with Crippen LogP contribution in [0.5, 0.6) is 0 Å². The maximum absolute atomic E-state index is 3.82. The third kappa shape index (κ3) is 3.00. The number of hydrogen-bond donors (Lipinski definition) is 1. The van der Waals surface area contributed by atoms with Gasteiger partial charge in [0, 0.05) is 17.0 Å². The maximum Gasteiger partial charge on any atom is 0.0704 e. The van der Waals surface area contributed by atoms with Crippen LogP contribution in [-0.4, -0.2) is 0 Å². The third-order valence-electron chi connectivity index (χ3n) is 4.08. The number of halogens is 1. The fourth-order valence-corrected chi connectivity index (χ4v) is 4.85. The summed E-state index contributed by atoms with van der Waals surface area (Å²) in [6.07, 6.45) is 3.77. The standard InChI is InChI=1S/C17H20BrNS/c1-11-5-3-6-13(9-11)12(2)19-15-7-4-8-16-14(15)10-17(18)20-16/h3,5-6,9-10,12,15,19H,4,7-8H2,1-2H3/t12-,15?/m0/s1. The van der Waals surface area contributed by atoms with E-state index in [1.54, 1.807) is 4.88 Å². The average Bonchev–Trinajstić information content (AvgIpc) is 2.80. The van der Waals surface area contributed by atoms with E-state index in [9.17, 15) is 0 Å². The largest absolute Gasteiger partial charge is 0.303 e. The molecule has 1 aliphatic carbocycles. The monoisotopic (exact) mass is 349 g/mol. The smallest absolute Gasteiger partial charge is 0.0704 e. The van der Waals surface area contributed by atoms with Crippen LogP contribution in [0.25, 0.3) is 0 Å². The molecule has 1 aromatic heterocycles. The van der Waals surface area contributed by atoms with Crippen molar-refractivity contribution in [2.24, 2.45) is 0 Å². The Hall–Kier alpha value is -0.640. The Morgan fingerprint density at radius 3 is 3.00 bits per heavy atom. The molecule has 0 spiro atoms. The minimum atomic E-state index is 0.393. The highest BCUT2D eigenvalue weighted by Crippen LogP contribution is 2.38. The summed E-state index contributed by atoms with van der Waals surface area (Å²) in [5.41, 5.74) is 4.22. The van der Waals surface area contributed by atoms with Gasteiger partial charge in [-0.2, -0.15) is 0 Å². The molecule has 3 heteroatoms. The number of benzene rings is 1. The van der Waals surface area contributed by atoms with Crippen LogP contribution in [0, 0.1) is 6.92 Å². The molecule has 2 aromatic rings. The molecule has 20 heavy (non-hydrogen) atoms. The molecule has 0 radical (unpaired) electrons. The van der Waals surface area contributed by atoms with Crippen molar-refractivity contribution in [1.29, 1.82) is 0 Å². The van der Waals surface area contributed by atoms with Crippen LogP contribution in [0.2, 0.25) is 0 Å². The molecule has 2 atom stereocenters. The molecule has 1 unspecified atom stereocenters. The number of aryl methyl sites for hydroxylation is 2. The number of hydrogen-bond acceptors (Lipinski definition) is 2. The highest BCUT2D eigenvalue weighted by atomic mass is 79.9. The zero-order valence-corrected chi connectivity index (χ0v) is 14.4. The predicted octanol–water partition coefficient (Wildman–Crippen LogP) is 5.55. The van der Waals surface area contributed by atoms with Gasteiger partial charge >= 0.3 is 0 Å². The molecular weight excluding hydrogens is 330 g/mol. The molecule has 1 heterocycles. The van der Waals surface area contributed by atoms with E-state index in [0.717, 1.165) is 0 Å². The fraction of sp³-hybridized carbons (Fsp3) is 0.412. The van der Waals surface area contributed by atoms with E-state index >= 15 is 0 Å². The lowest BCUT2D eigenvalue weighted by molar-refractivity contribution is 0.418. The van der Waals surface area contributed by atoms with Crippen LogP contribution >= 0.6 is 27.3 Å². The van der Waals surface area contributed by atoms with Gasteiger partial charge in [0.05, 0.1) is 3.79 Å². The van der Waals surface area contributed by atoms with Crippen LogP contribution in [0.4, 0.5) is 0 Å². The van der Waals surface area contributed by atoms with E-state index in [0.29, 0.717) is 12.1 Å². The number of rotatable bonds is 3. The molecule has 1 nitrogen and oxygen atoms in total. The first kappa shape index (κ1) is 14.3. The summed E-state index contributed by atoms with van der Waals surface area (Å²) < 4.78 is 1.26. The summed E-state index contributed by atoms with van der Waals surface area (Å²) in [5.74, 6) is 0. The predicted molar refractivity (Wildman–Crippen MR) is 90.4 cm³/mol. The van der Waals surface area contributed by atoms with Crippen molar-refractivity contribution in [1.82, 2.24) is 5.32 Å². The molecule has 0 bridgehead atoms. The maximum atomic E-state index is 3.82. The van der Waals surface area contributed by atoms with Crippen LogP contribution in [-0.2, 0) is 6.42 Å². The molecule has 0 fully saturated rings. The Balaban J connectivity index is 1.78. The number of thiophene rings is 1. The second kappa shape index (κ2) is 6.00. The summed E-state index contributed by atoms with van der Waals surface area (Å²) in [6.45, 7) is 4.43.